The van der Waals surface area contributed by atoms with Gasteiger partial charge in [0.2, 0.25) is 0 Å². The molecule has 1 heterocycles. The molecule has 7 nitrogen and oxygen atoms in total. The van der Waals surface area contributed by atoms with Gasteiger partial charge >= 0.3 is 0 Å². The number of nitrogens with zero attached hydrogens (tertiary/aromatic N) is 2. The monoisotopic (exact) mass is 452 g/mol. The number of likely N-dealkylation sites (tertiary alicyclic amines) is 1. The summed E-state index contributed by atoms with van der Waals surface area (Å²) in [6, 6.07) is 12.5. The molecule has 1 aliphatic heterocycles. The smallest absolute Gasteiger partial charge is 0.295 e. The standard InChI is InChI=1S/C26H32N2O5/c1-17(2)16-33-21-12-8-19(9-13-21)24(30)22-23(18-6-10-20(29)11-7-18)28(26(32)25(22)31)15-5-14-27(3)4/h6-13,17,23,29-30H,5,14-16H2,1-4H3/t23-/m1/s1. The molecule has 33 heavy (non-hydrogen) atoms. The SMILES string of the molecule is CC(C)COc1ccc(C(O)=C2C(=O)C(=O)N(CCCN(C)C)[C@@H]2c2ccc(O)cc2)cc1. The van der Waals surface area contributed by atoms with Crippen LogP contribution in [0.1, 0.15) is 37.4 Å². The van der Waals surface area contributed by atoms with E-state index < -0.39 is 17.7 Å². The molecule has 0 bridgehead atoms. The molecule has 0 spiro atoms. The number of amides is 1. The summed E-state index contributed by atoms with van der Waals surface area (Å²) < 4.78 is 5.69. The third-order valence-electron chi connectivity index (χ3n) is 5.46. The van der Waals surface area contributed by atoms with Crippen LogP contribution in [-0.2, 0) is 9.59 Å². The number of aliphatic hydroxyl groups excluding tert-OH is 1. The van der Waals surface area contributed by atoms with Gasteiger partial charge in [-0.1, -0.05) is 26.0 Å². The minimum atomic E-state index is -0.732. The minimum absolute atomic E-state index is 0.0476. The van der Waals surface area contributed by atoms with E-state index in [0.29, 0.717) is 42.4 Å². The highest BCUT2D eigenvalue weighted by atomic mass is 16.5. The van der Waals surface area contributed by atoms with Crippen molar-refractivity contribution in [2.75, 3.05) is 33.8 Å². The molecule has 3 rings (SSSR count). The Morgan fingerprint density at radius 1 is 1.06 bits per heavy atom. The number of carbonyl (C=O) groups excluding carboxylic acids is 2. The van der Waals surface area contributed by atoms with E-state index in [4.69, 9.17) is 4.74 Å². The van der Waals surface area contributed by atoms with Crippen molar-refractivity contribution in [1.82, 2.24) is 9.80 Å². The van der Waals surface area contributed by atoms with Crippen molar-refractivity contribution >= 4 is 17.4 Å². The summed E-state index contributed by atoms with van der Waals surface area (Å²) in [5, 5.41) is 20.8. The molecule has 176 valence electrons. The van der Waals surface area contributed by atoms with Crippen molar-refractivity contribution < 1.29 is 24.5 Å². The Kier molecular flexibility index (Phi) is 7.76. The maximum absolute atomic E-state index is 13.0. The largest absolute Gasteiger partial charge is 0.508 e. The van der Waals surface area contributed by atoms with Crippen LogP contribution in [0.4, 0.5) is 0 Å². The second kappa shape index (κ2) is 10.5. The lowest BCUT2D eigenvalue weighted by atomic mass is 9.95. The van der Waals surface area contributed by atoms with Gasteiger partial charge in [0.05, 0.1) is 18.2 Å². The van der Waals surface area contributed by atoms with E-state index in [9.17, 15) is 19.8 Å². The maximum Gasteiger partial charge on any atom is 0.295 e. The predicted molar refractivity (Wildman–Crippen MR) is 127 cm³/mol. The quantitative estimate of drug-likeness (QED) is 0.342. The first kappa shape index (κ1) is 24.3. The summed E-state index contributed by atoms with van der Waals surface area (Å²) in [6.07, 6.45) is 0.677. The molecular weight excluding hydrogens is 420 g/mol. The van der Waals surface area contributed by atoms with Gasteiger partial charge in [0.15, 0.2) is 0 Å². The molecule has 2 N–H and O–H groups in total. The van der Waals surface area contributed by atoms with Crippen LogP contribution in [0.15, 0.2) is 54.1 Å². The zero-order chi connectivity index (χ0) is 24.1. The molecule has 1 fully saturated rings. The number of hydrogen-bond donors (Lipinski definition) is 2. The topological polar surface area (TPSA) is 90.3 Å². The molecule has 1 aliphatic rings. The molecule has 0 radical (unpaired) electrons. The summed E-state index contributed by atoms with van der Waals surface area (Å²) in [5.74, 6) is -0.440. The number of carbonyl (C=O) groups is 2. The Morgan fingerprint density at radius 2 is 1.70 bits per heavy atom. The van der Waals surface area contributed by atoms with Gasteiger partial charge in [0.1, 0.15) is 17.3 Å². The van der Waals surface area contributed by atoms with Crippen molar-refractivity contribution in [2.45, 2.75) is 26.3 Å². The first-order valence-electron chi connectivity index (χ1n) is 11.1. The third-order valence-corrected chi connectivity index (χ3v) is 5.46. The fourth-order valence-electron chi connectivity index (χ4n) is 3.80. The van der Waals surface area contributed by atoms with Crippen LogP contribution in [0.5, 0.6) is 11.5 Å². The average molecular weight is 453 g/mol. The number of benzene rings is 2. The predicted octanol–water partition coefficient (Wildman–Crippen LogP) is 3.80. The number of hydrogen-bond acceptors (Lipinski definition) is 6. The second-order valence-corrected chi connectivity index (χ2v) is 8.97. The second-order valence-electron chi connectivity index (χ2n) is 8.97. The van der Waals surface area contributed by atoms with Gasteiger partial charge in [-0.05, 0) is 74.9 Å². The number of phenols is 1. The van der Waals surface area contributed by atoms with E-state index in [-0.39, 0.29) is 17.1 Å². The molecular formula is C26H32N2O5. The summed E-state index contributed by atoms with van der Waals surface area (Å²) >= 11 is 0. The van der Waals surface area contributed by atoms with Crippen LogP contribution in [-0.4, -0.2) is 65.5 Å². The van der Waals surface area contributed by atoms with Crippen LogP contribution in [0.2, 0.25) is 0 Å². The number of ketones is 1. The van der Waals surface area contributed by atoms with E-state index in [1.807, 2.05) is 19.0 Å². The van der Waals surface area contributed by atoms with Gasteiger partial charge in [0.25, 0.3) is 11.7 Å². The Labute approximate surface area is 194 Å². The van der Waals surface area contributed by atoms with Gasteiger partial charge in [0, 0.05) is 12.1 Å². The van der Waals surface area contributed by atoms with Gasteiger partial charge in [-0.3, -0.25) is 9.59 Å². The molecule has 2 aromatic rings. The average Bonchev–Trinajstić information content (AvgIpc) is 3.03. The van der Waals surface area contributed by atoms with Gasteiger partial charge in [-0.25, -0.2) is 0 Å². The van der Waals surface area contributed by atoms with Gasteiger partial charge in [-0.2, -0.15) is 0 Å². The van der Waals surface area contributed by atoms with Gasteiger partial charge in [-0.15, -0.1) is 0 Å². The molecule has 1 saturated heterocycles. The van der Waals surface area contributed by atoms with Crippen molar-refractivity contribution in [3.05, 3.63) is 65.2 Å². The number of ether oxygens (including phenoxy) is 1. The molecule has 0 aliphatic carbocycles. The maximum atomic E-state index is 13.0. The van der Waals surface area contributed by atoms with E-state index in [1.165, 1.54) is 17.0 Å². The number of rotatable bonds is 9. The molecule has 1 amide bonds. The van der Waals surface area contributed by atoms with Crippen LogP contribution in [0.25, 0.3) is 5.76 Å². The number of aromatic hydroxyl groups is 1. The summed E-state index contributed by atoms with van der Waals surface area (Å²) in [6.45, 7) is 5.81. The minimum Gasteiger partial charge on any atom is -0.508 e. The molecule has 1 atom stereocenters. The van der Waals surface area contributed by atoms with Crippen LogP contribution in [0.3, 0.4) is 0 Å². The zero-order valence-electron chi connectivity index (χ0n) is 19.6. The number of aliphatic hydroxyl groups is 1. The Balaban J connectivity index is 1.99. The van der Waals surface area contributed by atoms with Crippen molar-refractivity contribution in [3.63, 3.8) is 0 Å². The molecule has 2 aromatic carbocycles. The fourth-order valence-corrected chi connectivity index (χ4v) is 3.80. The van der Waals surface area contributed by atoms with E-state index >= 15 is 0 Å². The lowest BCUT2D eigenvalue weighted by Gasteiger charge is -2.26. The summed E-state index contributed by atoms with van der Waals surface area (Å²) in [5.41, 5.74) is 1.13. The molecule has 0 aromatic heterocycles. The van der Waals surface area contributed by atoms with Crippen LogP contribution < -0.4 is 4.74 Å². The van der Waals surface area contributed by atoms with Crippen molar-refractivity contribution in [1.29, 1.82) is 0 Å². The zero-order valence-corrected chi connectivity index (χ0v) is 19.6. The molecule has 0 saturated carbocycles. The Morgan fingerprint density at radius 3 is 2.27 bits per heavy atom. The highest BCUT2D eigenvalue weighted by Gasteiger charge is 2.45. The normalized spacial score (nSPS) is 17.9. The Bertz CT molecular complexity index is 1010. The van der Waals surface area contributed by atoms with Crippen LogP contribution >= 0.6 is 0 Å². The lowest BCUT2D eigenvalue weighted by molar-refractivity contribution is -0.139. The van der Waals surface area contributed by atoms with Crippen molar-refractivity contribution in [3.8, 4) is 11.5 Å². The first-order chi connectivity index (χ1) is 15.7. The van der Waals surface area contributed by atoms with E-state index in [1.54, 1.807) is 36.4 Å². The van der Waals surface area contributed by atoms with E-state index in [2.05, 4.69) is 13.8 Å². The fraction of sp³-hybridized carbons (Fsp3) is 0.385. The van der Waals surface area contributed by atoms with Crippen molar-refractivity contribution in [2.24, 2.45) is 5.92 Å². The van der Waals surface area contributed by atoms with E-state index in [0.717, 1.165) is 6.54 Å². The third kappa shape index (κ3) is 5.73. The van der Waals surface area contributed by atoms with Gasteiger partial charge < -0.3 is 24.7 Å². The lowest BCUT2D eigenvalue weighted by Crippen LogP contribution is -2.32. The highest BCUT2D eigenvalue weighted by Crippen LogP contribution is 2.40. The first-order valence-corrected chi connectivity index (χ1v) is 11.1. The molecule has 7 heteroatoms. The van der Waals surface area contributed by atoms with Crippen LogP contribution in [0, 0.1) is 5.92 Å². The summed E-state index contributed by atoms with van der Waals surface area (Å²) in [4.78, 5) is 29.5. The summed E-state index contributed by atoms with van der Waals surface area (Å²) in [7, 11) is 3.89. The number of Topliss-reactive ketones (excluding diaryl/α,β-unsaturated/α-hetero) is 1. The highest BCUT2D eigenvalue weighted by molar-refractivity contribution is 6.46. The number of phenolic OH excluding ortho intramolecular Hbond substituents is 1. The Hall–Kier alpha value is -3.32. The molecule has 0 unspecified atom stereocenters.